The lowest BCUT2D eigenvalue weighted by molar-refractivity contribution is -0.386. The zero-order valence-corrected chi connectivity index (χ0v) is 17.8. The zero-order valence-electron chi connectivity index (χ0n) is 17.0. The summed E-state index contributed by atoms with van der Waals surface area (Å²) in [7, 11) is -2.76. The number of nitrogens with one attached hydrogen (secondary N) is 1. The van der Waals surface area contributed by atoms with Crippen molar-refractivity contribution in [2.24, 2.45) is 5.92 Å². The summed E-state index contributed by atoms with van der Waals surface area (Å²) in [6, 6.07) is 8.28. The molecule has 0 radical (unpaired) electrons. The SMILES string of the molecule is COc1ccc(S(=O)(=O)N[C@@H](c2ccc3c(c2)OCCCO3)C(C)C)cc1[N+](=O)[O-]. The van der Waals surface area contributed by atoms with Gasteiger partial charge in [-0.05, 0) is 35.7 Å². The van der Waals surface area contributed by atoms with Gasteiger partial charge in [-0.1, -0.05) is 19.9 Å². The average Bonchev–Trinajstić information content (AvgIpc) is 2.96. The first-order valence-corrected chi connectivity index (χ1v) is 11.0. The second-order valence-corrected chi connectivity index (χ2v) is 8.90. The Morgan fingerprint density at radius 2 is 1.80 bits per heavy atom. The van der Waals surface area contributed by atoms with Gasteiger partial charge in [-0.15, -0.1) is 0 Å². The van der Waals surface area contributed by atoms with Gasteiger partial charge in [-0.25, -0.2) is 13.1 Å². The van der Waals surface area contributed by atoms with Gasteiger partial charge in [-0.3, -0.25) is 10.1 Å². The molecule has 0 aromatic heterocycles. The Kier molecular flexibility index (Phi) is 6.47. The van der Waals surface area contributed by atoms with E-state index in [1.807, 2.05) is 13.8 Å². The molecule has 1 atom stereocenters. The molecule has 0 amide bonds. The molecule has 3 rings (SSSR count). The lowest BCUT2D eigenvalue weighted by Crippen LogP contribution is -2.32. The first-order chi connectivity index (χ1) is 14.2. The second-order valence-electron chi connectivity index (χ2n) is 7.19. The molecule has 1 aliphatic heterocycles. The number of hydrogen-bond donors (Lipinski definition) is 1. The van der Waals surface area contributed by atoms with Gasteiger partial charge in [0.2, 0.25) is 10.0 Å². The number of nitro benzene ring substituents is 1. The van der Waals surface area contributed by atoms with Crippen LogP contribution in [0.1, 0.15) is 31.9 Å². The number of sulfonamides is 1. The molecular formula is C20H24N2O7S. The summed E-state index contributed by atoms with van der Waals surface area (Å²) in [5.41, 5.74) is 0.290. The molecule has 1 N–H and O–H groups in total. The standard InChI is InChI=1S/C20H24N2O7S/c1-13(2)20(14-5-7-18-19(11-14)29-10-4-9-28-18)21-30(25,26)15-6-8-17(27-3)16(12-15)22(23)24/h5-8,11-13,20-21H,4,9-10H2,1-3H3/t20-/m1/s1. The molecule has 9 nitrogen and oxygen atoms in total. The highest BCUT2D eigenvalue weighted by atomic mass is 32.2. The van der Waals surface area contributed by atoms with Crippen molar-refractivity contribution in [2.45, 2.75) is 31.2 Å². The van der Waals surface area contributed by atoms with E-state index in [1.54, 1.807) is 18.2 Å². The van der Waals surface area contributed by atoms with Crippen LogP contribution in [0.3, 0.4) is 0 Å². The Balaban J connectivity index is 1.94. The predicted molar refractivity (Wildman–Crippen MR) is 110 cm³/mol. The highest BCUT2D eigenvalue weighted by Crippen LogP contribution is 2.35. The van der Waals surface area contributed by atoms with E-state index in [2.05, 4.69) is 4.72 Å². The first-order valence-electron chi connectivity index (χ1n) is 9.47. The van der Waals surface area contributed by atoms with Gasteiger partial charge in [0.05, 0.1) is 30.1 Å². The number of hydrogen-bond acceptors (Lipinski definition) is 7. The van der Waals surface area contributed by atoms with Crippen molar-refractivity contribution in [1.29, 1.82) is 0 Å². The van der Waals surface area contributed by atoms with Crippen molar-refractivity contribution >= 4 is 15.7 Å². The Bertz CT molecular complexity index is 1040. The largest absolute Gasteiger partial charge is 0.490 e. The van der Waals surface area contributed by atoms with Crippen LogP contribution in [-0.2, 0) is 10.0 Å². The molecule has 0 saturated heterocycles. The van der Waals surface area contributed by atoms with Gasteiger partial charge in [-0.2, -0.15) is 0 Å². The van der Waals surface area contributed by atoms with E-state index >= 15 is 0 Å². The van der Waals surface area contributed by atoms with E-state index in [9.17, 15) is 18.5 Å². The average molecular weight is 436 g/mol. The third kappa shape index (κ3) is 4.65. The fourth-order valence-electron chi connectivity index (χ4n) is 3.18. The van der Waals surface area contributed by atoms with Crippen molar-refractivity contribution in [2.75, 3.05) is 20.3 Å². The number of fused-ring (bicyclic) bond motifs is 1. The minimum absolute atomic E-state index is 0.0118. The molecule has 0 saturated carbocycles. The van der Waals surface area contributed by atoms with Crippen LogP contribution in [0.25, 0.3) is 0 Å². The van der Waals surface area contributed by atoms with Crippen LogP contribution in [-0.4, -0.2) is 33.7 Å². The number of ether oxygens (including phenoxy) is 3. The number of nitro groups is 1. The van der Waals surface area contributed by atoms with Crippen LogP contribution in [0, 0.1) is 16.0 Å². The van der Waals surface area contributed by atoms with Crippen molar-refractivity contribution in [3.05, 3.63) is 52.1 Å². The smallest absolute Gasteiger partial charge is 0.312 e. The molecule has 1 heterocycles. The lowest BCUT2D eigenvalue weighted by atomic mass is 9.97. The molecule has 10 heteroatoms. The van der Waals surface area contributed by atoms with E-state index in [0.717, 1.165) is 12.5 Å². The van der Waals surface area contributed by atoms with Crippen LogP contribution < -0.4 is 18.9 Å². The van der Waals surface area contributed by atoms with Crippen molar-refractivity contribution in [3.8, 4) is 17.2 Å². The van der Waals surface area contributed by atoms with Gasteiger partial charge < -0.3 is 14.2 Å². The number of rotatable bonds is 7. The fraction of sp³-hybridized carbons (Fsp3) is 0.400. The highest BCUT2D eigenvalue weighted by molar-refractivity contribution is 7.89. The molecule has 0 fully saturated rings. The summed E-state index contributed by atoms with van der Waals surface area (Å²) in [6.45, 7) is 4.84. The summed E-state index contributed by atoms with van der Waals surface area (Å²) in [5.74, 6) is 1.07. The normalized spacial score (nSPS) is 14.8. The maximum Gasteiger partial charge on any atom is 0.312 e. The Hall–Kier alpha value is -2.85. The third-order valence-electron chi connectivity index (χ3n) is 4.74. The van der Waals surface area contributed by atoms with Gasteiger partial charge in [0, 0.05) is 18.5 Å². The zero-order chi connectivity index (χ0) is 21.9. The highest BCUT2D eigenvalue weighted by Gasteiger charge is 2.27. The van der Waals surface area contributed by atoms with Gasteiger partial charge in [0.1, 0.15) is 0 Å². The van der Waals surface area contributed by atoms with E-state index < -0.39 is 26.7 Å². The lowest BCUT2D eigenvalue weighted by Gasteiger charge is -2.23. The van der Waals surface area contributed by atoms with Crippen LogP contribution in [0.2, 0.25) is 0 Å². The van der Waals surface area contributed by atoms with Gasteiger partial charge in [0.25, 0.3) is 0 Å². The monoisotopic (exact) mass is 436 g/mol. The summed E-state index contributed by atoms with van der Waals surface area (Å²) in [6.07, 6.45) is 0.764. The van der Waals surface area contributed by atoms with Crippen molar-refractivity contribution < 1.29 is 27.6 Å². The van der Waals surface area contributed by atoms with Crippen molar-refractivity contribution in [3.63, 3.8) is 0 Å². The summed E-state index contributed by atoms with van der Waals surface area (Å²) in [5, 5.41) is 11.3. The molecular weight excluding hydrogens is 412 g/mol. The molecule has 2 aromatic carbocycles. The number of methoxy groups -OCH3 is 1. The molecule has 0 unspecified atom stereocenters. The Labute approximate surface area is 175 Å². The molecule has 0 bridgehead atoms. The van der Waals surface area contributed by atoms with Crippen LogP contribution in [0.15, 0.2) is 41.3 Å². The fourth-order valence-corrected chi connectivity index (χ4v) is 4.57. The van der Waals surface area contributed by atoms with Crippen LogP contribution in [0.5, 0.6) is 17.2 Å². The van der Waals surface area contributed by atoms with Crippen LogP contribution >= 0.6 is 0 Å². The summed E-state index contributed by atoms with van der Waals surface area (Å²) >= 11 is 0. The first kappa shape index (κ1) is 21.8. The van der Waals surface area contributed by atoms with Crippen LogP contribution in [0.4, 0.5) is 5.69 Å². The molecule has 162 valence electrons. The van der Waals surface area contributed by atoms with E-state index in [4.69, 9.17) is 14.2 Å². The summed E-state index contributed by atoms with van der Waals surface area (Å²) in [4.78, 5) is 10.4. The minimum atomic E-state index is -4.04. The van der Waals surface area contributed by atoms with E-state index in [1.165, 1.54) is 19.2 Å². The Morgan fingerprint density at radius 1 is 1.10 bits per heavy atom. The summed E-state index contributed by atoms with van der Waals surface area (Å²) < 4.78 is 45.0. The maximum absolute atomic E-state index is 13.0. The minimum Gasteiger partial charge on any atom is -0.490 e. The van der Waals surface area contributed by atoms with Gasteiger partial charge in [0.15, 0.2) is 17.2 Å². The number of nitrogens with zero attached hydrogens (tertiary/aromatic N) is 1. The number of benzene rings is 2. The second kappa shape index (κ2) is 8.88. The predicted octanol–water partition coefficient (Wildman–Crippen LogP) is 3.44. The Morgan fingerprint density at radius 3 is 2.43 bits per heavy atom. The van der Waals surface area contributed by atoms with E-state index in [0.29, 0.717) is 30.3 Å². The topological polar surface area (TPSA) is 117 Å². The molecule has 1 aliphatic rings. The third-order valence-corrected chi connectivity index (χ3v) is 6.18. The van der Waals surface area contributed by atoms with E-state index in [-0.39, 0.29) is 16.6 Å². The van der Waals surface area contributed by atoms with Crippen molar-refractivity contribution in [1.82, 2.24) is 4.72 Å². The maximum atomic E-state index is 13.0. The molecule has 2 aromatic rings. The molecule has 0 spiro atoms. The molecule has 30 heavy (non-hydrogen) atoms. The molecule has 0 aliphatic carbocycles. The van der Waals surface area contributed by atoms with Gasteiger partial charge >= 0.3 is 5.69 Å². The quantitative estimate of drug-likeness (QED) is 0.522.